The molecule has 1 rings (SSSR count). The average Bonchev–Trinajstić information content (AvgIpc) is 2.40. The SMILES string of the molecule is CCNC(C)(CO)CCOc1ccc(C)cc1OC. The number of ether oxygens (including phenoxy) is 2. The molecular formula is C15H25NO3. The van der Waals surface area contributed by atoms with Gasteiger partial charge in [0.1, 0.15) is 0 Å². The van der Waals surface area contributed by atoms with Crippen LogP contribution in [0.3, 0.4) is 0 Å². The van der Waals surface area contributed by atoms with Crippen LogP contribution in [-0.4, -0.2) is 37.5 Å². The third-order valence-corrected chi connectivity index (χ3v) is 3.18. The minimum atomic E-state index is -0.299. The molecule has 0 spiro atoms. The van der Waals surface area contributed by atoms with Crippen LogP contribution in [0.2, 0.25) is 0 Å². The smallest absolute Gasteiger partial charge is 0.161 e. The summed E-state index contributed by atoms with van der Waals surface area (Å²) >= 11 is 0. The lowest BCUT2D eigenvalue weighted by Crippen LogP contribution is -2.46. The van der Waals surface area contributed by atoms with E-state index in [1.165, 1.54) is 0 Å². The second-order valence-corrected chi connectivity index (χ2v) is 5.00. The first-order valence-electron chi connectivity index (χ1n) is 6.68. The van der Waals surface area contributed by atoms with Crippen LogP contribution in [0.25, 0.3) is 0 Å². The van der Waals surface area contributed by atoms with Gasteiger partial charge in [0.05, 0.1) is 20.3 Å². The highest BCUT2D eigenvalue weighted by atomic mass is 16.5. The van der Waals surface area contributed by atoms with E-state index in [1.54, 1.807) is 7.11 Å². The highest BCUT2D eigenvalue weighted by Crippen LogP contribution is 2.28. The Kier molecular flexibility index (Phi) is 6.12. The molecule has 0 radical (unpaired) electrons. The molecule has 0 aliphatic heterocycles. The van der Waals surface area contributed by atoms with Crippen LogP contribution >= 0.6 is 0 Å². The monoisotopic (exact) mass is 267 g/mol. The van der Waals surface area contributed by atoms with Crippen molar-refractivity contribution in [2.75, 3.05) is 26.9 Å². The molecule has 0 heterocycles. The molecule has 4 heteroatoms. The second kappa shape index (κ2) is 7.36. The molecule has 0 amide bonds. The molecule has 0 aliphatic rings. The number of likely N-dealkylation sites (N-methyl/N-ethyl adjacent to an activating group) is 1. The lowest BCUT2D eigenvalue weighted by molar-refractivity contribution is 0.144. The van der Waals surface area contributed by atoms with Gasteiger partial charge in [0.2, 0.25) is 0 Å². The first-order chi connectivity index (χ1) is 9.04. The van der Waals surface area contributed by atoms with E-state index in [2.05, 4.69) is 5.32 Å². The lowest BCUT2D eigenvalue weighted by Gasteiger charge is -2.28. The van der Waals surface area contributed by atoms with E-state index >= 15 is 0 Å². The zero-order valence-corrected chi connectivity index (χ0v) is 12.3. The number of aliphatic hydroxyl groups excluding tert-OH is 1. The Bertz CT molecular complexity index is 395. The van der Waals surface area contributed by atoms with Crippen molar-refractivity contribution in [1.82, 2.24) is 5.32 Å². The van der Waals surface area contributed by atoms with Gasteiger partial charge in [-0.15, -0.1) is 0 Å². The first kappa shape index (κ1) is 15.8. The molecule has 19 heavy (non-hydrogen) atoms. The predicted molar refractivity (Wildman–Crippen MR) is 77.0 cm³/mol. The molecule has 1 aromatic carbocycles. The van der Waals surface area contributed by atoms with Gasteiger partial charge < -0.3 is 19.9 Å². The van der Waals surface area contributed by atoms with E-state index in [-0.39, 0.29) is 12.1 Å². The normalized spacial score (nSPS) is 13.9. The Morgan fingerprint density at radius 2 is 2.05 bits per heavy atom. The molecule has 108 valence electrons. The minimum absolute atomic E-state index is 0.0925. The summed E-state index contributed by atoms with van der Waals surface area (Å²) in [4.78, 5) is 0. The molecule has 1 aromatic rings. The highest BCUT2D eigenvalue weighted by Gasteiger charge is 2.21. The maximum absolute atomic E-state index is 9.41. The van der Waals surface area contributed by atoms with Gasteiger partial charge in [-0.1, -0.05) is 13.0 Å². The number of aryl methyl sites for hydroxylation is 1. The summed E-state index contributed by atoms with van der Waals surface area (Å²) in [6.07, 6.45) is 0.731. The van der Waals surface area contributed by atoms with Crippen molar-refractivity contribution >= 4 is 0 Å². The third-order valence-electron chi connectivity index (χ3n) is 3.18. The van der Waals surface area contributed by atoms with Crippen LogP contribution in [0.15, 0.2) is 18.2 Å². The van der Waals surface area contributed by atoms with E-state index in [9.17, 15) is 5.11 Å². The number of methoxy groups -OCH3 is 1. The molecule has 0 aromatic heterocycles. The fourth-order valence-corrected chi connectivity index (χ4v) is 1.93. The summed E-state index contributed by atoms with van der Waals surface area (Å²) in [7, 11) is 1.64. The molecule has 4 nitrogen and oxygen atoms in total. The van der Waals surface area contributed by atoms with E-state index in [4.69, 9.17) is 9.47 Å². The van der Waals surface area contributed by atoms with E-state index in [0.29, 0.717) is 6.61 Å². The van der Waals surface area contributed by atoms with Gasteiger partial charge in [0, 0.05) is 12.0 Å². The van der Waals surface area contributed by atoms with Gasteiger partial charge in [-0.3, -0.25) is 0 Å². The van der Waals surface area contributed by atoms with Gasteiger partial charge >= 0.3 is 0 Å². The Morgan fingerprint density at radius 1 is 1.32 bits per heavy atom. The van der Waals surface area contributed by atoms with E-state index < -0.39 is 0 Å². The summed E-state index contributed by atoms with van der Waals surface area (Å²) in [6.45, 7) is 7.48. The number of benzene rings is 1. The summed E-state index contributed by atoms with van der Waals surface area (Å²) in [5.74, 6) is 1.49. The molecule has 0 aliphatic carbocycles. The van der Waals surface area contributed by atoms with Gasteiger partial charge in [0.25, 0.3) is 0 Å². The summed E-state index contributed by atoms with van der Waals surface area (Å²) in [5.41, 5.74) is 0.837. The Hall–Kier alpha value is -1.26. The fourth-order valence-electron chi connectivity index (χ4n) is 1.93. The second-order valence-electron chi connectivity index (χ2n) is 5.00. The number of nitrogens with one attached hydrogen (secondary N) is 1. The molecule has 2 N–H and O–H groups in total. The number of hydrogen-bond donors (Lipinski definition) is 2. The van der Waals surface area contributed by atoms with Gasteiger partial charge in [0.15, 0.2) is 11.5 Å². The number of hydrogen-bond acceptors (Lipinski definition) is 4. The van der Waals surface area contributed by atoms with Crippen LogP contribution in [0.5, 0.6) is 11.5 Å². The average molecular weight is 267 g/mol. The third kappa shape index (κ3) is 4.73. The molecule has 0 bridgehead atoms. The number of aliphatic hydroxyl groups is 1. The topological polar surface area (TPSA) is 50.7 Å². The molecule has 1 atom stereocenters. The first-order valence-corrected chi connectivity index (χ1v) is 6.68. The van der Waals surface area contributed by atoms with Crippen molar-refractivity contribution in [2.24, 2.45) is 0 Å². The summed E-state index contributed by atoms with van der Waals surface area (Å²) in [6, 6.07) is 5.86. The standard InChI is InChI=1S/C15H25NO3/c1-5-16-15(3,11-17)8-9-19-13-7-6-12(2)10-14(13)18-4/h6-7,10,16-17H,5,8-9,11H2,1-4H3. The van der Waals surface area contributed by atoms with Crippen molar-refractivity contribution < 1.29 is 14.6 Å². The van der Waals surface area contributed by atoms with Crippen molar-refractivity contribution in [3.63, 3.8) is 0 Å². The van der Waals surface area contributed by atoms with Crippen molar-refractivity contribution in [2.45, 2.75) is 32.7 Å². The van der Waals surface area contributed by atoms with E-state index in [0.717, 1.165) is 30.0 Å². The van der Waals surface area contributed by atoms with E-state index in [1.807, 2.05) is 39.0 Å². The van der Waals surface area contributed by atoms with Crippen LogP contribution < -0.4 is 14.8 Å². The molecule has 0 saturated heterocycles. The zero-order chi connectivity index (χ0) is 14.3. The maximum Gasteiger partial charge on any atom is 0.161 e. The predicted octanol–water partition coefficient (Wildman–Crippen LogP) is 2.13. The van der Waals surface area contributed by atoms with Crippen molar-refractivity contribution in [3.8, 4) is 11.5 Å². The summed E-state index contributed by atoms with van der Waals surface area (Å²) < 4.78 is 11.0. The lowest BCUT2D eigenvalue weighted by atomic mass is 10.00. The quantitative estimate of drug-likeness (QED) is 0.757. The van der Waals surface area contributed by atoms with Crippen molar-refractivity contribution in [1.29, 1.82) is 0 Å². The van der Waals surface area contributed by atoms with Crippen LogP contribution in [0, 0.1) is 6.92 Å². The Balaban J connectivity index is 2.57. The molecule has 0 saturated carbocycles. The maximum atomic E-state index is 9.41. The van der Waals surface area contributed by atoms with Crippen molar-refractivity contribution in [3.05, 3.63) is 23.8 Å². The van der Waals surface area contributed by atoms with Crippen LogP contribution in [0.4, 0.5) is 0 Å². The summed E-state index contributed by atoms with van der Waals surface area (Å²) in [5, 5.41) is 12.7. The Morgan fingerprint density at radius 3 is 2.63 bits per heavy atom. The van der Waals surface area contributed by atoms with Gasteiger partial charge in [-0.2, -0.15) is 0 Å². The zero-order valence-electron chi connectivity index (χ0n) is 12.3. The van der Waals surface area contributed by atoms with Gasteiger partial charge in [-0.25, -0.2) is 0 Å². The van der Waals surface area contributed by atoms with Gasteiger partial charge in [-0.05, 0) is 38.1 Å². The highest BCUT2D eigenvalue weighted by molar-refractivity contribution is 5.42. The molecular weight excluding hydrogens is 242 g/mol. The largest absolute Gasteiger partial charge is 0.493 e. The molecule has 0 fully saturated rings. The minimum Gasteiger partial charge on any atom is -0.493 e. The molecule has 1 unspecified atom stereocenters. The van der Waals surface area contributed by atoms with Crippen LogP contribution in [-0.2, 0) is 0 Å². The fraction of sp³-hybridized carbons (Fsp3) is 0.600. The number of rotatable bonds is 8. The van der Waals surface area contributed by atoms with Crippen LogP contribution in [0.1, 0.15) is 25.8 Å². The Labute approximate surface area is 115 Å².